The number of rotatable bonds is 7. The van der Waals surface area contributed by atoms with Gasteiger partial charge in [0.1, 0.15) is 6.10 Å². The Morgan fingerprint density at radius 2 is 1.97 bits per heavy atom. The highest BCUT2D eigenvalue weighted by molar-refractivity contribution is 5.69. The van der Waals surface area contributed by atoms with Crippen LogP contribution in [0, 0.1) is 0 Å². The number of nitrogens with one attached hydrogen (secondary N) is 2. The van der Waals surface area contributed by atoms with Crippen molar-refractivity contribution in [2.24, 2.45) is 14.1 Å². The molecule has 0 amide bonds. The highest BCUT2D eigenvalue weighted by Gasteiger charge is 2.29. The van der Waals surface area contributed by atoms with Gasteiger partial charge in [-0.2, -0.15) is 5.10 Å². The SMILES string of the molecule is Cn1cc(-c2cnc3c(c2)NC[C@@H]([C@H](NCCc2ccc(=O)n(C)c2)c2ccccc2)O3)cn1. The van der Waals surface area contributed by atoms with Crippen LogP contribution in [0.1, 0.15) is 17.2 Å². The Morgan fingerprint density at radius 1 is 1.12 bits per heavy atom. The molecular formula is C26H28N6O2. The van der Waals surface area contributed by atoms with Crippen LogP contribution < -0.4 is 20.9 Å². The monoisotopic (exact) mass is 456 g/mol. The Morgan fingerprint density at radius 3 is 2.74 bits per heavy atom. The first-order chi connectivity index (χ1) is 16.6. The second kappa shape index (κ2) is 9.52. The molecule has 0 bridgehead atoms. The van der Waals surface area contributed by atoms with Gasteiger partial charge in [-0.1, -0.05) is 36.4 Å². The van der Waals surface area contributed by atoms with Gasteiger partial charge in [-0.3, -0.25) is 9.48 Å². The molecule has 0 fully saturated rings. The summed E-state index contributed by atoms with van der Waals surface area (Å²) < 4.78 is 9.77. The van der Waals surface area contributed by atoms with Crippen molar-refractivity contribution in [2.75, 3.05) is 18.4 Å². The Kier molecular flexibility index (Phi) is 6.14. The van der Waals surface area contributed by atoms with E-state index in [2.05, 4.69) is 38.9 Å². The van der Waals surface area contributed by atoms with E-state index < -0.39 is 0 Å². The fourth-order valence-corrected chi connectivity index (χ4v) is 4.28. The summed E-state index contributed by atoms with van der Waals surface area (Å²) in [5, 5.41) is 11.4. The largest absolute Gasteiger partial charge is 0.469 e. The summed E-state index contributed by atoms with van der Waals surface area (Å²) in [6, 6.07) is 15.9. The molecule has 8 heteroatoms. The van der Waals surface area contributed by atoms with Crippen molar-refractivity contribution in [3.63, 3.8) is 0 Å². The first-order valence-electron chi connectivity index (χ1n) is 11.4. The van der Waals surface area contributed by atoms with Gasteiger partial charge in [-0.25, -0.2) is 4.98 Å². The van der Waals surface area contributed by atoms with Gasteiger partial charge in [0.05, 0.1) is 24.5 Å². The molecule has 8 nitrogen and oxygen atoms in total. The van der Waals surface area contributed by atoms with E-state index in [0.717, 1.165) is 40.9 Å². The van der Waals surface area contributed by atoms with Gasteiger partial charge in [0.25, 0.3) is 0 Å². The normalized spacial score (nSPS) is 15.8. The summed E-state index contributed by atoms with van der Waals surface area (Å²) in [4.78, 5) is 16.3. The number of hydrogen-bond donors (Lipinski definition) is 2. The molecule has 2 atom stereocenters. The minimum atomic E-state index is -0.133. The van der Waals surface area contributed by atoms with E-state index in [1.165, 1.54) is 0 Å². The van der Waals surface area contributed by atoms with Crippen molar-refractivity contribution in [1.29, 1.82) is 0 Å². The molecule has 4 heterocycles. The first-order valence-corrected chi connectivity index (χ1v) is 11.4. The molecule has 0 spiro atoms. The minimum absolute atomic E-state index is 0.00148. The average molecular weight is 457 g/mol. The van der Waals surface area contributed by atoms with Gasteiger partial charge >= 0.3 is 0 Å². The Balaban J connectivity index is 1.32. The third kappa shape index (κ3) is 4.72. The van der Waals surface area contributed by atoms with E-state index in [4.69, 9.17) is 4.74 Å². The van der Waals surface area contributed by atoms with E-state index in [0.29, 0.717) is 12.4 Å². The van der Waals surface area contributed by atoms with E-state index in [1.54, 1.807) is 22.4 Å². The number of nitrogens with zero attached hydrogens (tertiary/aromatic N) is 4. The lowest BCUT2D eigenvalue weighted by Crippen LogP contribution is -2.43. The predicted molar refractivity (Wildman–Crippen MR) is 132 cm³/mol. The third-order valence-electron chi connectivity index (χ3n) is 6.10. The standard InChI is InChI=1S/C26H28N6O2/c1-31-16-18(8-9-24(31)33)10-11-27-25(19-6-4-3-5-7-19)23-15-28-22-12-20(13-29-26(22)34-23)21-14-30-32(2)17-21/h3-9,12-14,16-17,23,25,27-28H,10-11,15H2,1-2H3/t23-,25+/m0/s1. The topological polar surface area (TPSA) is 86.0 Å². The Labute approximate surface area is 198 Å². The van der Waals surface area contributed by atoms with E-state index in [-0.39, 0.29) is 17.7 Å². The van der Waals surface area contributed by atoms with Gasteiger partial charge in [-0.15, -0.1) is 0 Å². The molecule has 3 aromatic heterocycles. The fraction of sp³-hybridized carbons (Fsp3) is 0.269. The van der Waals surface area contributed by atoms with E-state index in [9.17, 15) is 4.79 Å². The molecule has 0 saturated carbocycles. The van der Waals surface area contributed by atoms with Crippen LogP contribution in [0.4, 0.5) is 5.69 Å². The van der Waals surface area contributed by atoms with Crippen molar-refractivity contribution in [3.05, 3.63) is 94.8 Å². The summed E-state index contributed by atoms with van der Waals surface area (Å²) >= 11 is 0. The van der Waals surface area contributed by atoms with Gasteiger partial charge in [0, 0.05) is 49.9 Å². The predicted octanol–water partition coefficient (Wildman–Crippen LogP) is 2.93. The number of aromatic nitrogens is 4. The van der Waals surface area contributed by atoms with Crippen molar-refractivity contribution < 1.29 is 4.74 Å². The maximum Gasteiger partial charge on any atom is 0.250 e. The summed E-state index contributed by atoms with van der Waals surface area (Å²) in [6.45, 7) is 1.40. The molecule has 0 aliphatic carbocycles. The molecule has 2 N–H and O–H groups in total. The number of pyridine rings is 2. The molecule has 1 aliphatic rings. The van der Waals surface area contributed by atoms with Gasteiger partial charge in [-0.05, 0) is 30.2 Å². The van der Waals surface area contributed by atoms with Crippen LogP contribution in [0.25, 0.3) is 11.1 Å². The Hall–Kier alpha value is -3.91. The zero-order valence-corrected chi connectivity index (χ0v) is 19.3. The summed E-state index contributed by atoms with van der Waals surface area (Å²) in [5.41, 5.74) is 5.16. The number of ether oxygens (including phenoxy) is 1. The van der Waals surface area contributed by atoms with Crippen LogP contribution in [0.5, 0.6) is 5.88 Å². The minimum Gasteiger partial charge on any atom is -0.469 e. The second-order valence-electron chi connectivity index (χ2n) is 8.60. The first kappa shape index (κ1) is 21.9. The van der Waals surface area contributed by atoms with Crippen molar-refractivity contribution in [2.45, 2.75) is 18.6 Å². The van der Waals surface area contributed by atoms with Gasteiger partial charge < -0.3 is 19.9 Å². The molecule has 1 aliphatic heterocycles. The second-order valence-corrected chi connectivity index (χ2v) is 8.60. The van der Waals surface area contributed by atoms with Crippen LogP contribution in [0.2, 0.25) is 0 Å². The zero-order valence-electron chi connectivity index (χ0n) is 19.3. The highest BCUT2D eigenvalue weighted by Crippen LogP contribution is 2.34. The van der Waals surface area contributed by atoms with Crippen molar-refractivity contribution >= 4 is 5.69 Å². The third-order valence-corrected chi connectivity index (χ3v) is 6.10. The molecule has 0 saturated heterocycles. The van der Waals surface area contributed by atoms with Crippen molar-refractivity contribution in [3.8, 4) is 17.0 Å². The molecule has 5 rings (SSSR count). The maximum atomic E-state index is 11.7. The number of aryl methyl sites for hydroxylation is 2. The molecule has 34 heavy (non-hydrogen) atoms. The molecular weight excluding hydrogens is 428 g/mol. The quantitative estimate of drug-likeness (QED) is 0.445. The van der Waals surface area contributed by atoms with Crippen LogP contribution in [-0.4, -0.2) is 38.5 Å². The average Bonchev–Trinajstić information content (AvgIpc) is 3.30. The van der Waals surface area contributed by atoms with E-state index in [1.807, 2.05) is 56.1 Å². The zero-order chi connectivity index (χ0) is 23.5. The Bertz CT molecular complexity index is 1330. The maximum absolute atomic E-state index is 11.7. The lowest BCUT2D eigenvalue weighted by Gasteiger charge is -2.33. The molecule has 1 aromatic carbocycles. The van der Waals surface area contributed by atoms with Crippen LogP contribution in [0.3, 0.4) is 0 Å². The smallest absolute Gasteiger partial charge is 0.250 e. The summed E-state index contributed by atoms with van der Waals surface area (Å²) in [7, 11) is 3.68. The van der Waals surface area contributed by atoms with Crippen LogP contribution >= 0.6 is 0 Å². The number of benzene rings is 1. The fourth-order valence-electron chi connectivity index (χ4n) is 4.28. The number of hydrogen-bond acceptors (Lipinski definition) is 6. The van der Waals surface area contributed by atoms with E-state index >= 15 is 0 Å². The number of anilines is 1. The lowest BCUT2D eigenvalue weighted by atomic mass is 9.99. The lowest BCUT2D eigenvalue weighted by molar-refractivity contribution is 0.150. The van der Waals surface area contributed by atoms with Crippen LogP contribution in [0.15, 0.2) is 78.1 Å². The summed E-state index contributed by atoms with van der Waals surface area (Å²) in [6.07, 6.45) is 8.18. The molecule has 0 unspecified atom stereocenters. The number of fused-ring (bicyclic) bond motifs is 1. The highest BCUT2D eigenvalue weighted by atomic mass is 16.5. The summed E-state index contributed by atoms with van der Waals surface area (Å²) in [5.74, 6) is 0.602. The molecule has 4 aromatic rings. The molecule has 174 valence electrons. The van der Waals surface area contributed by atoms with Gasteiger partial charge in [0.2, 0.25) is 11.4 Å². The van der Waals surface area contributed by atoms with Crippen LogP contribution in [-0.2, 0) is 20.5 Å². The van der Waals surface area contributed by atoms with Crippen molar-refractivity contribution in [1.82, 2.24) is 24.6 Å². The molecule has 0 radical (unpaired) electrons. The van der Waals surface area contributed by atoms with Gasteiger partial charge in [0.15, 0.2) is 0 Å².